The van der Waals surface area contributed by atoms with E-state index in [2.05, 4.69) is 0 Å². The van der Waals surface area contributed by atoms with E-state index in [0.29, 0.717) is 0 Å². The maximum atomic E-state index is 11.4. The minimum absolute atomic E-state index is 0.0789. The van der Waals surface area contributed by atoms with E-state index in [0.717, 1.165) is 0 Å². The van der Waals surface area contributed by atoms with Gasteiger partial charge in [-0.05, 0) is 6.92 Å². The fourth-order valence-electron chi connectivity index (χ4n) is 1.56. The van der Waals surface area contributed by atoms with Crippen LogP contribution in [0.2, 0.25) is 0 Å². The first kappa shape index (κ1) is 12.5. The summed E-state index contributed by atoms with van der Waals surface area (Å²) in [5, 5.41) is 0. The molecular formula is C10H15NO5. The molecule has 1 amide bonds. The van der Waals surface area contributed by atoms with Crippen molar-refractivity contribution in [3.05, 3.63) is 0 Å². The second-order valence-corrected chi connectivity index (χ2v) is 3.51. The van der Waals surface area contributed by atoms with Gasteiger partial charge in [-0.2, -0.15) is 0 Å². The van der Waals surface area contributed by atoms with Crippen molar-refractivity contribution in [2.45, 2.75) is 26.4 Å². The Labute approximate surface area is 93.5 Å². The Morgan fingerprint density at radius 1 is 1.50 bits per heavy atom. The molecule has 1 atom stereocenters. The normalized spacial score (nSPS) is 19.8. The molecule has 0 aliphatic carbocycles. The fourth-order valence-corrected chi connectivity index (χ4v) is 1.56. The summed E-state index contributed by atoms with van der Waals surface area (Å²) in [5.41, 5.74) is 0. The average Bonchev–Trinajstić information content (AvgIpc) is 2.45. The third-order valence-electron chi connectivity index (χ3n) is 2.14. The van der Waals surface area contributed by atoms with Gasteiger partial charge in [0.25, 0.3) is 0 Å². The van der Waals surface area contributed by atoms with E-state index >= 15 is 0 Å². The van der Waals surface area contributed by atoms with Crippen molar-refractivity contribution in [1.29, 1.82) is 0 Å². The number of ether oxygens (including phenoxy) is 2. The molecule has 0 aromatic heterocycles. The van der Waals surface area contributed by atoms with Crippen LogP contribution in [0, 0.1) is 0 Å². The van der Waals surface area contributed by atoms with Crippen LogP contribution in [-0.4, -0.2) is 48.5 Å². The molecule has 1 aliphatic rings. The molecule has 0 bridgehead atoms. The van der Waals surface area contributed by atoms with Crippen LogP contribution in [0.25, 0.3) is 0 Å². The molecule has 1 rings (SSSR count). The van der Waals surface area contributed by atoms with E-state index in [-0.39, 0.29) is 32.0 Å². The molecule has 0 N–H and O–H groups in total. The molecule has 1 aliphatic heterocycles. The van der Waals surface area contributed by atoms with E-state index in [9.17, 15) is 14.4 Å². The van der Waals surface area contributed by atoms with Crippen molar-refractivity contribution in [2.24, 2.45) is 0 Å². The maximum absolute atomic E-state index is 11.4. The Morgan fingerprint density at radius 3 is 2.75 bits per heavy atom. The highest BCUT2D eigenvalue weighted by atomic mass is 16.5. The quantitative estimate of drug-likeness (QED) is 0.619. The smallest absolute Gasteiger partial charge is 0.325 e. The molecule has 90 valence electrons. The zero-order chi connectivity index (χ0) is 12.1. The predicted octanol–water partition coefficient (Wildman–Crippen LogP) is -0.286. The molecule has 6 nitrogen and oxygen atoms in total. The molecule has 1 fully saturated rings. The molecule has 0 radical (unpaired) electrons. The number of carbonyl (C=O) groups excluding carboxylic acids is 3. The Kier molecular flexibility index (Phi) is 4.28. The monoisotopic (exact) mass is 229 g/mol. The molecular weight excluding hydrogens is 214 g/mol. The van der Waals surface area contributed by atoms with E-state index < -0.39 is 18.0 Å². The van der Waals surface area contributed by atoms with Gasteiger partial charge in [0.15, 0.2) is 0 Å². The fraction of sp³-hybridized carbons (Fsp3) is 0.700. The number of rotatable bonds is 4. The van der Waals surface area contributed by atoms with E-state index in [1.807, 2.05) is 0 Å². The van der Waals surface area contributed by atoms with Crippen LogP contribution in [0.4, 0.5) is 0 Å². The Balaban J connectivity index is 2.42. The lowest BCUT2D eigenvalue weighted by atomic mass is 10.3. The number of hydrogen-bond donors (Lipinski definition) is 0. The highest BCUT2D eigenvalue weighted by Crippen LogP contribution is 2.14. The summed E-state index contributed by atoms with van der Waals surface area (Å²) in [6, 6.07) is 0. The van der Waals surface area contributed by atoms with Crippen LogP contribution in [0.15, 0.2) is 0 Å². The summed E-state index contributed by atoms with van der Waals surface area (Å²) in [6.45, 7) is 3.46. The van der Waals surface area contributed by atoms with Gasteiger partial charge in [0.05, 0.1) is 19.6 Å². The van der Waals surface area contributed by atoms with Gasteiger partial charge in [0.1, 0.15) is 12.6 Å². The maximum Gasteiger partial charge on any atom is 0.325 e. The van der Waals surface area contributed by atoms with Crippen molar-refractivity contribution < 1.29 is 23.9 Å². The van der Waals surface area contributed by atoms with Crippen LogP contribution >= 0.6 is 0 Å². The van der Waals surface area contributed by atoms with Crippen LogP contribution in [0.1, 0.15) is 20.3 Å². The van der Waals surface area contributed by atoms with Gasteiger partial charge in [0.2, 0.25) is 5.91 Å². The highest BCUT2D eigenvalue weighted by molar-refractivity contribution is 5.84. The van der Waals surface area contributed by atoms with Crippen molar-refractivity contribution in [3.8, 4) is 0 Å². The number of esters is 2. The molecule has 1 unspecified atom stereocenters. The minimum Gasteiger partial charge on any atom is -0.465 e. The lowest BCUT2D eigenvalue weighted by Gasteiger charge is -2.15. The number of carbonyl (C=O) groups is 3. The van der Waals surface area contributed by atoms with Gasteiger partial charge in [-0.25, -0.2) is 0 Å². The zero-order valence-electron chi connectivity index (χ0n) is 9.39. The molecule has 0 aromatic carbocycles. The third kappa shape index (κ3) is 3.52. The summed E-state index contributed by atoms with van der Waals surface area (Å²) in [5.74, 6) is -1.06. The molecule has 1 heterocycles. The van der Waals surface area contributed by atoms with Crippen LogP contribution in [0.5, 0.6) is 0 Å². The van der Waals surface area contributed by atoms with Crippen LogP contribution in [0.3, 0.4) is 0 Å². The van der Waals surface area contributed by atoms with Gasteiger partial charge in [-0.15, -0.1) is 0 Å². The van der Waals surface area contributed by atoms with Crippen molar-refractivity contribution >= 4 is 17.8 Å². The largest absolute Gasteiger partial charge is 0.465 e. The lowest BCUT2D eigenvalue weighted by Crippen LogP contribution is -2.33. The Bertz CT molecular complexity index is 302. The predicted molar refractivity (Wildman–Crippen MR) is 53.4 cm³/mol. The number of nitrogens with zero attached hydrogens (tertiary/aromatic N) is 1. The van der Waals surface area contributed by atoms with Gasteiger partial charge < -0.3 is 14.4 Å². The molecule has 16 heavy (non-hydrogen) atoms. The summed E-state index contributed by atoms with van der Waals surface area (Å²) in [6.07, 6.45) is -0.307. The number of hydrogen-bond acceptors (Lipinski definition) is 5. The third-order valence-corrected chi connectivity index (χ3v) is 2.14. The summed E-state index contributed by atoms with van der Waals surface area (Å²) in [4.78, 5) is 34.6. The highest BCUT2D eigenvalue weighted by Gasteiger charge is 2.32. The molecule has 0 saturated carbocycles. The van der Waals surface area contributed by atoms with Gasteiger partial charge in [0, 0.05) is 6.92 Å². The van der Waals surface area contributed by atoms with Crippen LogP contribution < -0.4 is 0 Å². The van der Waals surface area contributed by atoms with E-state index in [1.54, 1.807) is 6.92 Å². The summed E-state index contributed by atoms with van der Waals surface area (Å²) >= 11 is 0. The topological polar surface area (TPSA) is 72.9 Å². The molecule has 0 aromatic rings. The molecule has 0 spiro atoms. The summed E-state index contributed by atoms with van der Waals surface area (Å²) in [7, 11) is 0. The van der Waals surface area contributed by atoms with E-state index in [4.69, 9.17) is 9.47 Å². The van der Waals surface area contributed by atoms with Crippen molar-refractivity contribution in [1.82, 2.24) is 4.90 Å². The van der Waals surface area contributed by atoms with Gasteiger partial charge in [-0.1, -0.05) is 0 Å². The van der Waals surface area contributed by atoms with Gasteiger partial charge in [-0.3, -0.25) is 14.4 Å². The number of amides is 1. The van der Waals surface area contributed by atoms with Crippen molar-refractivity contribution in [2.75, 3.05) is 19.7 Å². The van der Waals surface area contributed by atoms with Crippen molar-refractivity contribution in [3.63, 3.8) is 0 Å². The first-order valence-electron chi connectivity index (χ1n) is 5.13. The average molecular weight is 229 g/mol. The zero-order valence-corrected chi connectivity index (χ0v) is 9.39. The second-order valence-electron chi connectivity index (χ2n) is 3.51. The van der Waals surface area contributed by atoms with Gasteiger partial charge >= 0.3 is 11.9 Å². The number of likely N-dealkylation sites (tertiary alicyclic amines) is 1. The Morgan fingerprint density at radius 2 is 2.19 bits per heavy atom. The summed E-state index contributed by atoms with van der Waals surface area (Å²) < 4.78 is 9.63. The minimum atomic E-state index is -0.445. The van der Waals surface area contributed by atoms with E-state index in [1.165, 1.54) is 11.8 Å². The SMILES string of the molecule is CCOC(=O)CN1CC(OC(C)=O)CC1=O. The standard InChI is InChI=1S/C10H15NO5/c1-3-15-10(14)6-11-5-8(4-9(11)13)16-7(2)12/h8H,3-6H2,1-2H3. The molecule has 1 saturated heterocycles. The Hall–Kier alpha value is -1.59. The van der Waals surface area contributed by atoms with Crippen LogP contribution in [-0.2, 0) is 23.9 Å². The lowest BCUT2D eigenvalue weighted by molar-refractivity contribution is -0.147. The first-order chi connectivity index (χ1) is 7.52. The molecule has 6 heteroatoms. The first-order valence-corrected chi connectivity index (χ1v) is 5.13. The second kappa shape index (κ2) is 5.48.